The molecule has 0 radical (unpaired) electrons. The highest BCUT2D eigenvalue weighted by molar-refractivity contribution is 5.76. The highest BCUT2D eigenvalue weighted by Crippen LogP contribution is 2.12. The van der Waals surface area contributed by atoms with Crippen LogP contribution in [0.15, 0.2) is 11.6 Å². The molecular weight excluding hydrogens is 220 g/mol. The Morgan fingerprint density at radius 3 is 2.47 bits per heavy atom. The first-order chi connectivity index (χ1) is 7.97. The molecule has 0 aromatic carbocycles. The van der Waals surface area contributed by atoms with Crippen LogP contribution in [-0.4, -0.2) is 37.0 Å². The third kappa shape index (κ3) is 9.03. The third-order valence-corrected chi connectivity index (χ3v) is 2.33. The summed E-state index contributed by atoms with van der Waals surface area (Å²) in [6.07, 6.45) is 2.62. The Labute approximate surface area is 104 Å². The van der Waals surface area contributed by atoms with E-state index in [0.717, 1.165) is 6.42 Å². The normalized spacial score (nSPS) is 14.2. The number of methoxy groups -OCH3 is 1. The number of aliphatic hydroxyl groups excluding tert-OH is 1. The Morgan fingerprint density at radius 1 is 1.35 bits per heavy atom. The van der Waals surface area contributed by atoms with Gasteiger partial charge in [-0.3, -0.25) is 4.79 Å². The summed E-state index contributed by atoms with van der Waals surface area (Å²) >= 11 is 0. The predicted octanol–water partition coefficient (Wildman–Crippen LogP) is 2.06. The number of carbonyl (C=O) groups is 1. The van der Waals surface area contributed by atoms with Crippen molar-refractivity contribution in [1.82, 2.24) is 0 Å². The maximum absolute atomic E-state index is 11.0. The van der Waals surface area contributed by atoms with E-state index in [2.05, 4.69) is 6.08 Å². The van der Waals surface area contributed by atoms with Crippen LogP contribution in [0.5, 0.6) is 0 Å². The molecule has 0 aliphatic carbocycles. The standard InChI is InChI=1S/C13H24O4/c1-10(2)6-5-7-13(17-9-16-4)12(15)8-11(3)14/h6,12-13,15H,5,7-9H2,1-4H3/t12-,13+/m1/s1. The van der Waals surface area contributed by atoms with E-state index < -0.39 is 6.10 Å². The number of ketones is 1. The van der Waals surface area contributed by atoms with Crippen molar-refractivity contribution in [2.75, 3.05) is 13.9 Å². The zero-order valence-electron chi connectivity index (χ0n) is 11.2. The van der Waals surface area contributed by atoms with Gasteiger partial charge in [-0.25, -0.2) is 0 Å². The summed E-state index contributed by atoms with van der Waals surface area (Å²) in [5, 5.41) is 9.85. The van der Waals surface area contributed by atoms with Crippen LogP contribution in [0.1, 0.15) is 40.0 Å². The topological polar surface area (TPSA) is 55.8 Å². The summed E-state index contributed by atoms with van der Waals surface area (Å²) in [5.74, 6) is -0.0364. The Bertz CT molecular complexity index is 244. The van der Waals surface area contributed by atoms with Gasteiger partial charge in [0, 0.05) is 13.5 Å². The van der Waals surface area contributed by atoms with Crippen molar-refractivity contribution in [3.8, 4) is 0 Å². The fourth-order valence-electron chi connectivity index (χ4n) is 1.50. The van der Waals surface area contributed by atoms with Crippen molar-refractivity contribution in [2.24, 2.45) is 0 Å². The van der Waals surface area contributed by atoms with Gasteiger partial charge in [-0.05, 0) is 33.6 Å². The second-order valence-electron chi connectivity index (χ2n) is 4.44. The van der Waals surface area contributed by atoms with Crippen molar-refractivity contribution in [3.63, 3.8) is 0 Å². The molecule has 0 aliphatic heterocycles. The monoisotopic (exact) mass is 244 g/mol. The van der Waals surface area contributed by atoms with Crippen LogP contribution in [0.2, 0.25) is 0 Å². The molecule has 0 fully saturated rings. The largest absolute Gasteiger partial charge is 0.390 e. The third-order valence-electron chi connectivity index (χ3n) is 2.33. The van der Waals surface area contributed by atoms with Gasteiger partial charge in [-0.2, -0.15) is 0 Å². The molecular formula is C13H24O4. The molecule has 100 valence electrons. The number of hydrogen-bond donors (Lipinski definition) is 1. The Morgan fingerprint density at radius 2 is 2.00 bits per heavy atom. The number of ether oxygens (including phenoxy) is 2. The number of aliphatic hydroxyl groups is 1. The predicted molar refractivity (Wildman–Crippen MR) is 66.7 cm³/mol. The van der Waals surface area contributed by atoms with E-state index in [9.17, 15) is 9.90 Å². The van der Waals surface area contributed by atoms with Crippen LogP contribution in [0, 0.1) is 0 Å². The smallest absolute Gasteiger partial charge is 0.146 e. The first kappa shape index (κ1) is 16.3. The lowest BCUT2D eigenvalue weighted by atomic mass is 10.0. The van der Waals surface area contributed by atoms with E-state index in [1.807, 2.05) is 13.8 Å². The van der Waals surface area contributed by atoms with Gasteiger partial charge in [0.25, 0.3) is 0 Å². The number of hydrogen-bond acceptors (Lipinski definition) is 4. The molecule has 2 atom stereocenters. The molecule has 0 aromatic heterocycles. The first-order valence-electron chi connectivity index (χ1n) is 5.88. The van der Waals surface area contributed by atoms with Gasteiger partial charge >= 0.3 is 0 Å². The quantitative estimate of drug-likeness (QED) is 0.498. The fourth-order valence-corrected chi connectivity index (χ4v) is 1.50. The Balaban J connectivity index is 4.20. The van der Waals surface area contributed by atoms with E-state index in [1.165, 1.54) is 19.6 Å². The minimum atomic E-state index is -0.756. The zero-order chi connectivity index (χ0) is 13.3. The van der Waals surface area contributed by atoms with Gasteiger partial charge in [0.05, 0.1) is 12.2 Å². The van der Waals surface area contributed by atoms with Crippen molar-refractivity contribution in [2.45, 2.75) is 52.2 Å². The van der Waals surface area contributed by atoms with E-state index in [1.54, 1.807) is 0 Å². The lowest BCUT2D eigenvalue weighted by Gasteiger charge is -2.21. The Kier molecular flexibility index (Phi) is 8.94. The lowest BCUT2D eigenvalue weighted by molar-refractivity contribution is -0.131. The number of allylic oxidation sites excluding steroid dienone is 2. The van der Waals surface area contributed by atoms with Crippen LogP contribution in [-0.2, 0) is 14.3 Å². The number of Topliss-reactive ketones (excluding diaryl/α,β-unsaturated/α-hetero) is 1. The Hall–Kier alpha value is -0.710. The van der Waals surface area contributed by atoms with E-state index in [0.29, 0.717) is 6.42 Å². The molecule has 0 bridgehead atoms. The van der Waals surface area contributed by atoms with Gasteiger partial charge in [0.1, 0.15) is 12.6 Å². The van der Waals surface area contributed by atoms with E-state index >= 15 is 0 Å². The summed E-state index contributed by atoms with van der Waals surface area (Å²) in [5.41, 5.74) is 1.23. The molecule has 0 heterocycles. The molecule has 1 N–H and O–H groups in total. The molecule has 0 spiro atoms. The molecule has 0 aromatic rings. The summed E-state index contributed by atoms with van der Waals surface area (Å²) in [7, 11) is 1.53. The summed E-state index contributed by atoms with van der Waals surface area (Å²) in [6.45, 7) is 5.65. The summed E-state index contributed by atoms with van der Waals surface area (Å²) < 4.78 is 10.2. The molecule has 0 saturated heterocycles. The average Bonchev–Trinajstić information content (AvgIpc) is 2.21. The zero-order valence-corrected chi connectivity index (χ0v) is 11.2. The molecule has 4 nitrogen and oxygen atoms in total. The molecule has 0 rings (SSSR count). The van der Waals surface area contributed by atoms with Gasteiger partial charge in [0.2, 0.25) is 0 Å². The number of carbonyl (C=O) groups excluding carboxylic acids is 1. The van der Waals surface area contributed by atoms with Crippen LogP contribution in [0.4, 0.5) is 0 Å². The number of rotatable bonds is 9. The fraction of sp³-hybridized carbons (Fsp3) is 0.769. The molecule has 17 heavy (non-hydrogen) atoms. The summed E-state index contributed by atoms with van der Waals surface area (Å²) in [4.78, 5) is 11.0. The first-order valence-corrected chi connectivity index (χ1v) is 5.88. The molecule has 0 saturated carbocycles. The summed E-state index contributed by atoms with van der Waals surface area (Å²) in [6, 6.07) is 0. The highest BCUT2D eigenvalue weighted by Gasteiger charge is 2.20. The second-order valence-corrected chi connectivity index (χ2v) is 4.44. The highest BCUT2D eigenvalue weighted by atomic mass is 16.7. The maximum atomic E-state index is 11.0. The van der Waals surface area contributed by atoms with Crippen molar-refractivity contribution >= 4 is 5.78 Å². The molecule has 0 amide bonds. The molecule has 0 unspecified atom stereocenters. The second kappa shape index (κ2) is 9.33. The van der Waals surface area contributed by atoms with Crippen molar-refractivity contribution in [1.29, 1.82) is 0 Å². The minimum absolute atomic E-state index is 0.0364. The van der Waals surface area contributed by atoms with Gasteiger partial charge in [-0.1, -0.05) is 11.6 Å². The molecule has 0 aliphatic rings. The van der Waals surface area contributed by atoms with E-state index in [4.69, 9.17) is 9.47 Å². The van der Waals surface area contributed by atoms with Crippen LogP contribution < -0.4 is 0 Å². The SMILES string of the molecule is COCO[C@@H](CCC=C(C)C)[C@H](O)CC(C)=O. The van der Waals surface area contributed by atoms with Crippen LogP contribution >= 0.6 is 0 Å². The lowest BCUT2D eigenvalue weighted by Crippen LogP contribution is -2.31. The van der Waals surface area contributed by atoms with Gasteiger partial charge < -0.3 is 14.6 Å². The van der Waals surface area contributed by atoms with Crippen LogP contribution in [0.25, 0.3) is 0 Å². The van der Waals surface area contributed by atoms with Crippen LogP contribution in [0.3, 0.4) is 0 Å². The molecule has 4 heteroatoms. The van der Waals surface area contributed by atoms with Crippen molar-refractivity contribution in [3.05, 3.63) is 11.6 Å². The van der Waals surface area contributed by atoms with E-state index in [-0.39, 0.29) is 25.1 Å². The average molecular weight is 244 g/mol. The van der Waals surface area contributed by atoms with Crippen molar-refractivity contribution < 1.29 is 19.4 Å². The minimum Gasteiger partial charge on any atom is -0.390 e. The van der Waals surface area contributed by atoms with Gasteiger partial charge in [-0.15, -0.1) is 0 Å². The van der Waals surface area contributed by atoms with Gasteiger partial charge in [0.15, 0.2) is 0 Å². The maximum Gasteiger partial charge on any atom is 0.146 e.